The molecule has 0 unspecified atom stereocenters. The number of carbonyl (C=O) groups excluding carboxylic acids is 1. The molecule has 0 bridgehead atoms. The minimum atomic E-state index is -1.66. The number of amides is 1. The molecule has 1 aromatic carbocycles. The third-order valence-electron chi connectivity index (χ3n) is 3.36. The second-order valence-electron chi connectivity index (χ2n) is 5.16. The quantitative estimate of drug-likeness (QED) is 0.684. The molecule has 0 saturated carbocycles. The lowest BCUT2D eigenvalue weighted by Crippen LogP contribution is -2.16. The molecule has 6 nitrogen and oxygen atoms in total. The smallest absolute Gasteiger partial charge is 0.276 e. The first-order chi connectivity index (χ1) is 12.5. The first-order valence-corrected chi connectivity index (χ1v) is 7.47. The standard InChI is InChI=1S/C17H12F3N5O/c18-11-4-5-12(16(20)15(11)19)23-17(26)13-6-7-14(25-24-13)22-9-10-3-1-2-8-21-10/h1-8H,9H2,(H,22,25)(H,23,26). The largest absolute Gasteiger partial charge is 0.363 e. The Morgan fingerprint density at radius 1 is 0.962 bits per heavy atom. The molecule has 0 aliphatic rings. The van der Waals surface area contributed by atoms with Crippen molar-refractivity contribution in [3.63, 3.8) is 0 Å². The fraction of sp³-hybridized carbons (Fsp3) is 0.0588. The number of aromatic nitrogens is 3. The number of benzene rings is 1. The zero-order valence-corrected chi connectivity index (χ0v) is 13.2. The molecular formula is C17H12F3N5O. The summed E-state index contributed by atoms with van der Waals surface area (Å²) in [5, 5.41) is 12.7. The molecule has 0 saturated heterocycles. The minimum Gasteiger partial charge on any atom is -0.363 e. The van der Waals surface area contributed by atoms with Crippen LogP contribution >= 0.6 is 0 Å². The highest BCUT2D eigenvalue weighted by atomic mass is 19.2. The Morgan fingerprint density at radius 2 is 1.81 bits per heavy atom. The summed E-state index contributed by atoms with van der Waals surface area (Å²) in [6, 6.07) is 9.98. The van der Waals surface area contributed by atoms with Gasteiger partial charge in [0.15, 0.2) is 23.1 Å². The third-order valence-corrected chi connectivity index (χ3v) is 3.36. The number of pyridine rings is 1. The van der Waals surface area contributed by atoms with Gasteiger partial charge in [0.25, 0.3) is 5.91 Å². The van der Waals surface area contributed by atoms with Crippen molar-refractivity contribution in [3.8, 4) is 0 Å². The van der Waals surface area contributed by atoms with Gasteiger partial charge in [-0.15, -0.1) is 10.2 Å². The van der Waals surface area contributed by atoms with Crippen molar-refractivity contribution in [2.45, 2.75) is 6.54 Å². The van der Waals surface area contributed by atoms with E-state index in [1.807, 2.05) is 12.1 Å². The molecule has 0 atom stereocenters. The Balaban J connectivity index is 1.64. The van der Waals surface area contributed by atoms with Crippen molar-refractivity contribution in [2.24, 2.45) is 0 Å². The van der Waals surface area contributed by atoms with E-state index >= 15 is 0 Å². The van der Waals surface area contributed by atoms with E-state index < -0.39 is 29.0 Å². The number of nitrogens with one attached hydrogen (secondary N) is 2. The fourth-order valence-electron chi connectivity index (χ4n) is 2.04. The van der Waals surface area contributed by atoms with Gasteiger partial charge in [-0.3, -0.25) is 9.78 Å². The van der Waals surface area contributed by atoms with Gasteiger partial charge in [-0.25, -0.2) is 13.2 Å². The molecule has 0 spiro atoms. The molecule has 0 aliphatic carbocycles. The zero-order chi connectivity index (χ0) is 18.5. The summed E-state index contributed by atoms with van der Waals surface area (Å²) in [6.45, 7) is 0.418. The van der Waals surface area contributed by atoms with E-state index in [1.165, 1.54) is 12.1 Å². The van der Waals surface area contributed by atoms with Crippen LogP contribution < -0.4 is 10.6 Å². The summed E-state index contributed by atoms with van der Waals surface area (Å²) in [6.07, 6.45) is 1.66. The van der Waals surface area contributed by atoms with Gasteiger partial charge in [0, 0.05) is 6.20 Å². The van der Waals surface area contributed by atoms with Gasteiger partial charge < -0.3 is 10.6 Å². The van der Waals surface area contributed by atoms with Crippen molar-refractivity contribution in [2.75, 3.05) is 10.6 Å². The van der Waals surface area contributed by atoms with Gasteiger partial charge in [-0.05, 0) is 36.4 Å². The van der Waals surface area contributed by atoms with Crippen molar-refractivity contribution in [3.05, 3.63) is 77.5 Å². The molecule has 2 N–H and O–H groups in total. The maximum Gasteiger partial charge on any atom is 0.276 e. The number of halogens is 3. The number of hydrogen-bond donors (Lipinski definition) is 2. The Kier molecular flexibility index (Phi) is 5.07. The highest BCUT2D eigenvalue weighted by Crippen LogP contribution is 2.20. The molecule has 9 heteroatoms. The maximum atomic E-state index is 13.6. The van der Waals surface area contributed by atoms with Crippen LogP contribution in [0.15, 0.2) is 48.7 Å². The lowest BCUT2D eigenvalue weighted by atomic mass is 10.2. The molecule has 3 aromatic rings. The van der Waals surface area contributed by atoms with Crippen molar-refractivity contribution in [1.29, 1.82) is 0 Å². The van der Waals surface area contributed by atoms with Crippen LogP contribution in [-0.2, 0) is 6.54 Å². The maximum absolute atomic E-state index is 13.6. The number of rotatable bonds is 5. The van der Waals surface area contributed by atoms with Crippen molar-refractivity contribution >= 4 is 17.4 Å². The highest BCUT2D eigenvalue weighted by Gasteiger charge is 2.16. The molecule has 1 amide bonds. The molecule has 0 radical (unpaired) electrons. The second kappa shape index (κ2) is 7.60. The Morgan fingerprint density at radius 3 is 2.50 bits per heavy atom. The molecule has 0 aliphatic heterocycles. The molecular weight excluding hydrogens is 347 g/mol. The summed E-state index contributed by atoms with van der Waals surface area (Å²) in [5.74, 6) is -4.89. The van der Waals surface area contributed by atoms with E-state index in [2.05, 4.69) is 25.8 Å². The predicted molar refractivity (Wildman–Crippen MR) is 87.9 cm³/mol. The van der Waals surface area contributed by atoms with Crippen LogP contribution in [0.4, 0.5) is 24.7 Å². The normalized spacial score (nSPS) is 10.4. The van der Waals surface area contributed by atoms with E-state index in [0.717, 1.165) is 11.8 Å². The van der Waals surface area contributed by atoms with Gasteiger partial charge in [0.05, 0.1) is 17.9 Å². The topological polar surface area (TPSA) is 79.8 Å². The molecule has 2 aromatic heterocycles. The summed E-state index contributed by atoms with van der Waals surface area (Å²) in [5.41, 5.74) is 0.190. The van der Waals surface area contributed by atoms with Crippen LogP contribution in [0, 0.1) is 17.5 Å². The summed E-state index contributed by atoms with van der Waals surface area (Å²) >= 11 is 0. The van der Waals surface area contributed by atoms with E-state index in [0.29, 0.717) is 18.4 Å². The Hall–Kier alpha value is -3.49. The summed E-state index contributed by atoms with van der Waals surface area (Å²) < 4.78 is 39.7. The van der Waals surface area contributed by atoms with Crippen LogP contribution in [0.1, 0.15) is 16.2 Å². The Labute approximate surface area is 146 Å². The second-order valence-corrected chi connectivity index (χ2v) is 5.16. The van der Waals surface area contributed by atoms with Gasteiger partial charge in [0.2, 0.25) is 0 Å². The summed E-state index contributed by atoms with van der Waals surface area (Å²) in [4.78, 5) is 16.2. The van der Waals surface area contributed by atoms with Gasteiger partial charge in [-0.2, -0.15) is 0 Å². The lowest BCUT2D eigenvalue weighted by Gasteiger charge is -2.07. The number of nitrogens with zero attached hydrogens (tertiary/aromatic N) is 3. The van der Waals surface area contributed by atoms with Gasteiger partial charge in [0.1, 0.15) is 5.82 Å². The lowest BCUT2D eigenvalue weighted by molar-refractivity contribution is 0.102. The predicted octanol–water partition coefficient (Wildman–Crippen LogP) is 3.15. The van der Waals surface area contributed by atoms with Crippen molar-refractivity contribution < 1.29 is 18.0 Å². The third kappa shape index (κ3) is 3.94. The van der Waals surface area contributed by atoms with Crippen LogP contribution in [0.2, 0.25) is 0 Å². The van der Waals surface area contributed by atoms with E-state index in [1.54, 1.807) is 12.3 Å². The first-order valence-electron chi connectivity index (χ1n) is 7.47. The van der Waals surface area contributed by atoms with Gasteiger partial charge >= 0.3 is 0 Å². The average Bonchev–Trinajstić information content (AvgIpc) is 2.68. The number of hydrogen-bond acceptors (Lipinski definition) is 5. The van der Waals surface area contributed by atoms with E-state index in [9.17, 15) is 18.0 Å². The summed E-state index contributed by atoms with van der Waals surface area (Å²) in [7, 11) is 0. The molecule has 3 rings (SSSR count). The van der Waals surface area contributed by atoms with Gasteiger partial charge in [-0.1, -0.05) is 6.07 Å². The molecule has 132 valence electrons. The van der Waals surface area contributed by atoms with Crippen LogP contribution in [0.25, 0.3) is 0 Å². The highest BCUT2D eigenvalue weighted by molar-refractivity contribution is 6.02. The number of anilines is 2. The molecule has 2 heterocycles. The molecule has 26 heavy (non-hydrogen) atoms. The van der Waals surface area contributed by atoms with E-state index in [-0.39, 0.29) is 5.69 Å². The minimum absolute atomic E-state index is 0.113. The SMILES string of the molecule is O=C(Nc1ccc(F)c(F)c1F)c1ccc(NCc2ccccn2)nn1. The first kappa shape index (κ1) is 17.3. The monoisotopic (exact) mass is 359 g/mol. The van der Waals surface area contributed by atoms with E-state index in [4.69, 9.17) is 0 Å². The van der Waals surface area contributed by atoms with Crippen LogP contribution in [-0.4, -0.2) is 21.1 Å². The van der Waals surface area contributed by atoms with Crippen LogP contribution in [0.5, 0.6) is 0 Å². The van der Waals surface area contributed by atoms with Crippen molar-refractivity contribution in [1.82, 2.24) is 15.2 Å². The zero-order valence-electron chi connectivity index (χ0n) is 13.2. The number of carbonyl (C=O) groups is 1. The average molecular weight is 359 g/mol. The van der Waals surface area contributed by atoms with Crippen LogP contribution in [0.3, 0.4) is 0 Å². The molecule has 0 fully saturated rings. The Bertz CT molecular complexity index is 920. The fourth-order valence-corrected chi connectivity index (χ4v) is 2.04.